The van der Waals surface area contributed by atoms with Crippen LogP contribution in [0.3, 0.4) is 0 Å². The molecule has 0 fully saturated rings. The molecule has 22 heavy (non-hydrogen) atoms. The zero-order valence-electron chi connectivity index (χ0n) is 12.3. The summed E-state index contributed by atoms with van der Waals surface area (Å²) < 4.78 is 10.7. The molecule has 0 spiro atoms. The Hall–Kier alpha value is -2.01. The number of halogens is 1. The number of rotatable bonds is 4. The Balaban J connectivity index is 2.24. The van der Waals surface area contributed by atoms with Gasteiger partial charge in [-0.25, -0.2) is 9.97 Å². The minimum atomic E-state index is -0.581. The van der Waals surface area contributed by atoms with E-state index in [1.807, 2.05) is 48.5 Å². The molecule has 0 aliphatic heterocycles. The van der Waals surface area contributed by atoms with Gasteiger partial charge >= 0.3 is 0 Å². The highest BCUT2D eigenvalue weighted by Crippen LogP contribution is 2.30. The van der Waals surface area contributed by atoms with Gasteiger partial charge in [-0.05, 0) is 24.3 Å². The molecule has 0 radical (unpaired) electrons. The van der Waals surface area contributed by atoms with E-state index in [4.69, 9.17) is 26.1 Å². The molecule has 4 nitrogen and oxygen atoms in total. The van der Waals surface area contributed by atoms with Crippen molar-refractivity contribution in [3.63, 3.8) is 0 Å². The Kier molecular flexibility index (Phi) is 4.34. The minimum Gasteiger partial charge on any atom is -0.350 e. The first kappa shape index (κ1) is 14.9. The predicted octanol–water partition coefficient (Wildman–Crippen LogP) is 4.24. The highest BCUT2D eigenvalue weighted by atomic mass is 35.5. The van der Waals surface area contributed by atoms with Crippen LogP contribution in [0.15, 0.2) is 48.5 Å². The van der Waals surface area contributed by atoms with Crippen molar-refractivity contribution in [1.29, 1.82) is 0 Å². The van der Waals surface area contributed by atoms with Gasteiger partial charge in [0.2, 0.25) is 6.29 Å². The summed E-state index contributed by atoms with van der Waals surface area (Å²) in [6.07, 6.45) is -0.581. The minimum absolute atomic E-state index is 0.581. The molecule has 0 atom stereocenters. The molecule has 3 aromatic rings. The van der Waals surface area contributed by atoms with Gasteiger partial charge in [0, 0.05) is 24.8 Å². The second-order valence-corrected chi connectivity index (χ2v) is 5.19. The number of benzene rings is 2. The molecule has 1 heterocycles. The number of hydrogen-bond donors (Lipinski definition) is 0. The van der Waals surface area contributed by atoms with Crippen molar-refractivity contribution in [2.75, 3.05) is 14.2 Å². The number of para-hydroxylation sites is 2. The summed E-state index contributed by atoms with van der Waals surface area (Å²) in [6.45, 7) is 0. The van der Waals surface area contributed by atoms with Gasteiger partial charge in [0.25, 0.3) is 0 Å². The first-order chi connectivity index (χ1) is 10.7. The summed E-state index contributed by atoms with van der Waals surface area (Å²) >= 11 is 5.97. The fraction of sp³-hybridized carbons (Fsp3) is 0.176. The van der Waals surface area contributed by atoms with E-state index in [9.17, 15) is 0 Å². The van der Waals surface area contributed by atoms with Gasteiger partial charge in [-0.3, -0.25) is 0 Å². The van der Waals surface area contributed by atoms with Crippen LogP contribution in [0.5, 0.6) is 0 Å². The second-order valence-electron chi connectivity index (χ2n) is 4.76. The molecule has 0 saturated carbocycles. The number of ether oxygens (including phenoxy) is 2. The Morgan fingerprint density at radius 2 is 1.45 bits per heavy atom. The zero-order valence-corrected chi connectivity index (χ0v) is 13.0. The van der Waals surface area contributed by atoms with Crippen LogP contribution in [-0.4, -0.2) is 24.2 Å². The van der Waals surface area contributed by atoms with Crippen LogP contribution in [0.2, 0.25) is 5.02 Å². The van der Waals surface area contributed by atoms with Gasteiger partial charge in [0.1, 0.15) is 5.69 Å². The van der Waals surface area contributed by atoms with Gasteiger partial charge in [-0.15, -0.1) is 0 Å². The van der Waals surface area contributed by atoms with Crippen molar-refractivity contribution in [2.45, 2.75) is 6.29 Å². The third-order valence-electron chi connectivity index (χ3n) is 3.37. The molecule has 3 rings (SSSR count). The molecule has 0 unspecified atom stereocenters. The molecular weight excluding hydrogens is 300 g/mol. The van der Waals surface area contributed by atoms with Crippen LogP contribution in [-0.2, 0) is 9.47 Å². The SMILES string of the molecule is COC(OC)c1nc2ccccc2nc1-c1ccc(Cl)cc1. The van der Waals surface area contributed by atoms with Crippen molar-refractivity contribution in [1.82, 2.24) is 9.97 Å². The number of fused-ring (bicyclic) bond motifs is 1. The molecule has 2 aromatic carbocycles. The number of hydrogen-bond acceptors (Lipinski definition) is 4. The van der Waals surface area contributed by atoms with Crippen LogP contribution in [0.1, 0.15) is 12.0 Å². The van der Waals surface area contributed by atoms with E-state index in [0.717, 1.165) is 22.3 Å². The van der Waals surface area contributed by atoms with Gasteiger partial charge in [-0.2, -0.15) is 0 Å². The summed E-state index contributed by atoms with van der Waals surface area (Å²) in [5, 5.41) is 0.675. The monoisotopic (exact) mass is 314 g/mol. The quantitative estimate of drug-likeness (QED) is 0.676. The number of nitrogens with zero attached hydrogens (tertiary/aromatic N) is 2. The van der Waals surface area contributed by atoms with E-state index in [1.54, 1.807) is 14.2 Å². The van der Waals surface area contributed by atoms with Crippen LogP contribution in [0, 0.1) is 0 Å². The first-order valence-corrected chi connectivity index (χ1v) is 7.19. The largest absolute Gasteiger partial charge is 0.350 e. The average Bonchev–Trinajstić information content (AvgIpc) is 2.56. The van der Waals surface area contributed by atoms with E-state index in [1.165, 1.54) is 0 Å². The Morgan fingerprint density at radius 3 is 2.05 bits per heavy atom. The van der Waals surface area contributed by atoms with Crippen molar-refractivity contribution in [3.05, 3.63) is 59.2 Å². The van der Waals surface area contributed by atoms with Crippen molar-refractivity contribution in [2.24, 2.45) is 0 Å². The molecule has 0 N–H and O–H groups in total. The van der Waals surface area contributed by atoms with Gasteiger partial charge in [-0.1, -0.05) is 35.9 Å². The van der Waals surface area contributed by atoms with E-state index in [2.05, 4.69) is 4.98 Å². The van der Waals surface area contributed by atoms with Crippen molar-refractivity contribution >= 4 is 22.6 Å². The fourth-order valence-corrected chi connectivity index (χ4v) is 2.44. The average molecular weight is 315 g/mol. The third kappa shape index (κ3) is 2.81. The van der Waals surface area contributed by atoms with Crippen molar-refractivity contribution < 1.29 is 9.47 Å². The van der Waals surface area contributed by atoms with E-state index >= 15 is 0 Å². The Bertz CT molecular complexity index is 786. The molecule has 0 amide bonds. The lowest BCUT2D eigenvalue weighted by atomic mass is 10.1. The van der Waals surface area contributed by atoms with Crippen LogP contribution >= 0.6 is 11.6 Å². The second kappa shape index (κ2) is 6.40. The summed E-state index contributed by atoms with van der Waals surface area (Å²) in [6, 6.07) is 15.2. The lowest BCUT2D eigenvalue weighted by Gasteiger charge is -2.17. The molecule has 112 valence electrons. The predicted molar refractivity (Wildman–Crippen MR) is 86.7 cm³/mol. The third-order valence-corrected chi connectivity index (χ3v) is 3.62. The number of methoxy groups -OCH3 is 2. The standard InChI is InChI=1S/C17H15ClN2O2/c1-21-17(22-2)16-15(11-7-9-12(18)10-8-11)19-13-5-3-4-6-14(13)20-16/h3-10,17H,1-2H3. The van der Waals surface area contributed by atoms with Crippen LogP contribution in [0.25, 0.3) is 22.3 Å². The van der Waals surface area contributed by atoms with Crippen LogP contribution < -0.4 is 0 Å². The molecule has 1 aromatic heterocycles. The topological polar surface area (TPSA) is 44.2 Å². The maximum absolute atomic E-state index is 5.97. The first-order valence-electron chi connectivity index (χ1n) is 6.81. The summed E-state index contributed by atoms with van der Waals surface area (Å²) in [5.74, 6) is 0. The summed E-state index contributed by atoms with van der Waals surface area (Å²) in [4.78, 5) is 9.40. The van der Waals surface area contributed by atoms with E-state index in [0.29, 0.717) is 10.7 Å². The molecule has 0 aliphatic rings. The normalized spacial score (nSPS) is 11.3. The van der Waals surface area contributed by atoms with Gasteiger partial charge in [0.15, 0.2) is 0 Å². The maximum Gasteiger partial charge on any atom is 0.202 e. The zero-order chi connectivity index (χ0) is 15.5. The summed E-state index contributed by atoms with van der Waals surface area (Å²) in [7, 11) is 3.16. The van der Waals surface area contributed by atoms with Crippen LogP contribution in [0.4, 0.5) is 0 Å². The lowest BCUT2D eigenvalue weighted by Crippen LogP contribution is -2.09. The van der Waals surface area contributed by atoms with E-state index < -0.39 is 6.29 Å². The summed E-state index contributed by atoms with van der Waals surface area (Å²) in [5.41, 5.74) is 3.91. The molecular formula is C17H15ClN2O2. The Labute approximate surface area is 133 Å². The van der Waals surface area contributed by atoms with Gasteiger partial charge < -0.3 is 9.47 Å². The van der Waals surface area contributed by atoms with E-state index in [-0.39, 0.29) is 0 Å². The molecule has 0 bridgehead atoms. The highest BCUT2D eigenvalue weighted by Gasteiger charge is 2.19. The highest BCUT2D eigenvalue weighted by molar-refractivity contribution is 6.30. The molecule has 0 saturated heterocycles. The van der Waals surface area contributed by atoms with Gasteiger partial charge in [0.05, 0.1) is 16.7 Å². The molecule has 0 aliphatic carbocycles. The lowest BCUT2D eigenvalue weighted by molar-refractivity contribution is -0.108. The van der Waals surface area contributed by atoms with Crippen molar-refractivity contribution in [3.8, 4) is 11.3 Å². The maximum atomic E-state index is 5.97. The number of aromatic nitrogens is 2. The fourth-order valence-electron chi connectivity index (χ4n) is 2.32. The molecule has 5 heteroatoms. The Morgan fingerprint density at radius 1 is 0.864 bits per heavy atom. The smallest absolute Gasteiger partial charge is 0.202 e.